The van der Waals surface area contributed by atoms with Crippen LogP contribution in [0.2, 0.25) is 10.0 Å². The number of hydrogen-bond donors (Lipinski definition) is 2. The SMILES string of the molecule is CCCN1[C@@H](CCO)[C@@H]([N+](=O)[O-])[C@H](c2cccc(Cl)c2F)[C@]12C(=O)Nc1cc(Cl)ccc12. The summed E-state index contributed by atoms with van der Waals surface area (Å²) in [7, 11) is 0. The molecule has 32 heavy (non-hydrogen) atoms. The minimum Gasteiger partial charge on any atom is -0.396 e. The zero-order chi connectivity index (χ0) is 23.2. The van der Waals surface area contributed by atoms with Crippen LogP contribution in [0.5, 0.6) is 0 Å². The van der Waals surface area contributed by atoms with Gasteiger partial charge in [-0.15, -0.1) is 0 Å². The van der Waals surface area contributed by atoms with Gasteiger partial charge in [0.05, 0.1) is 17.0 Å². The Balaban J connectivity index is 2.09. The molecule has 10 heteroatoms. The van der Waals surface area contributed by atoms with Crippen molar-refractivity contribution >= 4 is 34.8 Å². The smallest absolute Gasteiger partial charge is 0.250 e. The summed E-state index contributed by atoms with van der Waals surface area (Å²) < 4.78 is 15.3. The van der Waals surface area contributed by atoms with Crippen molar-refractivity contribution in [3.63, 3.8) is 0 Å². The topological polar surface area (TPSA) is 95.7 Å². The van der Waals surface area contributed by atoms with Crippen molar-refractivity contribution in [1.82, 2.24) is 4.90 Å². The third kappa shape index (κ3) is 3.20. The summed E-state index contributed by atoms with van der Waals surface area (Å²) in [5.74, 6) is -2.46. The number of benzene rings is 2. The number of nitro groups is 1. The second kappa shape index (κ2) is 8.59. The summed E-state index contributed by atoms with van der Waals surface area (Å²) in [4.78, 5) is 27.4. The van der Waals surface area contributed by atoms with Gasteiger partial charge in [0.15, 0.2) is 0 Å². The highest BCUT2D eigenvalue weighted by molar-refractivity contribution is 6.31. The van der Waals surface area contributed by atoms with Crippen LogP contribution in [-0.2, 0) is 10.3 Å². The lowest BCUT2D eigenvalue weighted by atomic mass is 9.73. The van der Waals surface area contributed by atoms with Crippen molar-refractivity contribution in [2.75, 3.05) is 18.5 Å². The van der Waals surface area contributed by atoms with Gasteiger partial charge in [0.25, 0.3) is 5.91 Å². The average molecular weight is 482 g/mol. The van der Waals surface area contributed by atoms with E-state index in [0.717, 1.165) is 0 Å². The maximum absolute atomic E-state index is 15.3. The average Bonchev–Trinajstić information content (AvgIpc) is 3.18. The van der Waals surface area contributed by atoms with Gasteiger partial charge in [0.1, 0.15) is 11.4 Å². The molecule has 1 spiro atoms. The Morgan fingerprint density at radius 3 is 2.72 bits per heavy atom. The van der Waals surface area contributed by atoms with Crippen LogP contribution in [0.1, 0.15) is 36.8 Å². The Morgan fingerprint density at radius 1 is 1.31 bits per heavy atom. The summed E-state index contributed by atoms with van der Waals surface area (Å²) in [6, 6.07) is 7.02. The van der Waals surface area contributed by atoms with Gasteiger partial charge in [0.2, 0.25) is 6.04 Å². The van der Waals surface area contributed by atoms with E-state index in [1.54, 1.807) is 23.1 Å². The van der Waals surface area contributed by atoms with Gasteiger partial charge in [-0.1, -0.05) is 48.3 Å². The lowest BCUT2D eigenvalue weighted by Gasteiger charge is -2.38. The van der Waals surface area contributed by atoms with Crippen LogP contribution < -0.4 is 5.32 Å². The van der Waals surface area contributed by atoms with E-state index in [1.165, 1.54) is 18.2 Å². The van der Waals surface area contributed by atoms with Crippen LogP contribution in [0.25, 0.3) is 0 Å². The first-order valence-corrected chi connectivity index (χ1v) is 11.1. The second-order valence-corrected chi connectivity index (χ2v) is 8.92. The largest absolute Gasteiger partial charge is 0.396 e. The number of carbonyl (C=O) groups is 1. The van der Waals surface area contributed by atoms with E-state index < -0.39 is 40.2 Å². The maximum Gasteiger partial charge on any atom is 0.250 e. The number of halogens is 3. The maximum atomic E-state index is 15.3. The van der Waals surface area contributed by atoms with Crippen molar-refractivity contribution in [2.24, 2.45) is 0 Å². The number of rotatable bonds is 6. The van der Waals surface area contributed by atoms with E-state index in [-0.39, 0.29) is 23.6 Å². The highest BCUT2D eigenvalue weighted by atomic mass is 35.5. The Hall–Kier alpha value is -2.26. The lowest BCUT2D eigenvalue weighted by molar-refractivity contribution is -0.528. The van der Waals surface area contributed by atoms with Crippen LogP contribution in [0.3, 0.4) is 0 Å². The van der Waals surface area contributed by atoms with Crippen LogP contribution in [0.15, 0.2) is 36.4 Å². The first-order chi connectivity index (χ1) is 15.3. The Kier molecular flexibility index (Phi) is 6.15. The number of likely N-dealkylation sites (tertiary alicyclic amines) is 1. The number of nitrogens with one attached hydrogen (secondary N) is 1. The summed E-state index contributed by atoms with van der Waals surface area (Å²) in [6.07, 6.45) is 0.650. The zero-order valence-corrected chi connectivity index (χ0v) is 18.7. The predicted molar refractivity (Wildman–Crippen MR) is 119 cm³/mol. The number of nitrogens with zero attached hydrogens (tertiary/aromatic N) is 2. The number of anilines is 1. The number of aliphatic hydroxyl groups excluding tert-OH is 1. The predicted octanol–water partition coefficient (Wildman–Crippen LogP) is 4.19. The van der Waals surface area contributed by atoms with Crippen LogP contribution in [0.4, 0.5) is 10.1 Å². The van der Waals surface area contributed by atoms with Crippen LogP contribution in [0, 0.1) is 15.9 Å². The van der Waals surface area contributed by atoms with Gasteiger partial charge in [-0.3, -0.25) is 19.8 Å². The standard InChI is InChI=1S/C22H22Cl2FN3O4/c1-2-9-27-17(8-10-29)20(28(31)32)18(13-4-3-5-15(24)19(13)25)22(27)14-7-6-12(23)11-16(14)26-21(22)30/h3-7,11,17-18,20,29H,2,8-10H2,1H3,(H,26,30)/t17-,18-,20+,22+/m0/s1. The van der Waals surface area contributed by atoms with Gasteiger partial charge in [0, 0.05) is 33.4 Å². The van der Waals surface area contributed by atoms with Gasteiger partial charge >= 0.3 is 0 Å². The molecule has 2 aliphatic rings. The summed E-state index contributed by atoms with van der Waals surface area (Å²) in [6.45, 7) is 1.92. The second-order valence-electron chi connectivity index (χ2n) is 8.08. The van der Waals surface area contributed by atoms with E-state index in [0.29, 0.717) is 29.2 Å². The summed E-state index contributed by atoms with van der Waals surface area (Å²) in [5.41, 5.74) is -0.627. The Labute approximate surface area is 194 Å². The van der Waals surface area contributed by atoms with Crippen LogP contribution >= 0.6 is 23.2 Å². The van der Waals surface area contributed by atoms with E-state index in [9.17, 15) is 20.0 Å². The lowest BCUT2D eigenvalue weighted by Crippen LogP contribution is -2.52. The number of fused-ring (bicyclic) bond motifs is 2. The minimum atomic E-state index is -1.56. The molecule has 0 bridgehead atoms. The molecule has 0 aliphatic carbocycles. The fourth-order valence-electron chi connectivity index (χ4n) is 5.45. The van der Waals surface area contributed by atoms with Gasteiger partial charge in [-0.25, -0.2) is 4.39 Å². The molecule has 1 amide bonds. The quantitative estimate of drug-likeness (QED) is 0.476. The number of amides is 1. The van der Waals surface area contributed by atoms with E-state index in [4.69, 9.17) is 23.2 Å². The van der Waals surface area contributed by atoms with Crippen molar-refractivity contribution < 1.29 is 19.2 Å². The molecule has 2 heterocycles. The highest BCUT2D eigenvalue weighted by Crippen LogP contribution is 2.58. The van der Waals surface area contributed by atoms with Crippen molar-refractivity contribution in [2.45, 2.75) is 43.3 Å². The van der Waals surface area contributed by atoms with Gasteiger partial charge in [-0.05, 0) is 37.6 Å². The zero-order valence-electron chi connectivity index (χ0n) is 17.2. The monoisotopic (exact) mass is 481 g/mol. The Bertz CT molecular complexity index is 1090. The van der Waals surface area contributed by atoms with Gasteiger partial charge < -0.3 is 10.4 Å². The summed E-state index contributed by atoms with van der Waals surface area (Å²) >= 11 is 12.2. The molecule has 170 valence electrons. The minimum absolute atomic E-state index is 0.00121. The molecule has 0 saturated carbocycles. The molecule has 7 nitrogen and oxygen atoms in total. The van der Waals surface area contributed by atoms with Crippen molar-refractivity contribution in [3.05, 3.63) is 73.5 Å². The molecular formula is C22H22Cl2FN3O4. The van der Waals surface area contributed by atoms with E-state index in [1.807, 2.05) is 6.92 Å². The van der Waals surface area contributed by atoms with Crippen molar-refractivity contribution in [3.8, 4) is 0 Å². The van der Waals surface area contributed by atoms with Gasteiger partial charge in [-0.2, -0.15) is 0 Å². The Morgan fingerprint density at radius 2 is 2.06 bits per heavy atom. The van der Waals surface area contributed by atoms with Crippen LogP contribution in [-0.4, -0.2) is 46.1 Å². The summed E-state index contributed by atoms with van der Waals surface area (Å²) in [5, 5.41) is 25.2. The molecule has 4 rings (SSSR count). The molecule has 0 radical (unpaired) electrons. The normalized spacial score (nSPS) is 27.0. The first kappa shape index (κ1) is 22.9. The van der Waals surface area contributed by atoms with Crippen molar-refractivity contribution in [1.29, 1.82) is 0 Å². The molecule has 2 aromatic rings. The fraction of sp³-hybridized carbons (Fsp3) is 0.409. The number of carbonyl (C=O) groups excluding carboxylic acids is 1. The van der Waals surface area contributed by atoms with E-state index >= 15 is 4.39 Å². The first-order valence-electron chi connectivity index (χ1n) is 10.4. The third-order valence-electron chi connectivity index (χ3n) is 6.48. The molecule has 0 unspecified atom stereocenters. The molecule has 2 aliphatic heterocycles. The fourth-order valence-corrected chi connectivity index (χ4v) is 5.81. The molecule has 4 atom stereocenters. The molecule has 2 N–H and O–H groups in total. The number of aliphatic hydroxyl groups is 1. The third-order valence-corrected chi connectivity index (χ3v) is 7.00. The highest BCUT2D eigenvalue weighted by Gasteiger charge is 2.70. The van der Waals surface area contributed by atoms with E-state index in [2.05, 4.69) is 5.32 Å². The number of hydrogen-bond acceptors (Lipinski definition) is 5. The molecule has 2 aromatic carbocycles. The molecule has 1 fully saturated rings. The molecule has 0 aromatic heterocycles. The molecule has 1 saturated heterocycles. The molecular weight excluding hydrogens is 460 g/mol.